The van der Waals surface area contributed by atoms with Crippen LogP contribution in [-0.2, 0) is 0 Å². The first-order valence-corrected chi connectivity index (χ1v) is 7.46. The van der Waals surface area contributed by atoms with Gasteiger partial charge in [0, 0.05) is 6.54 Å². The molecule has 0 unspecified atom stereocenters. The Morgan fingerprint density at radius 1 is 1.53 bits per heavy atom. The third kappa shape index (κ3) is 3.17. The van der Waals surface area contributed by atoms with Crippen LogP contribution in [0.4, 0.5) is 5.69 Å². The lowest BCUT2D eigenvalue weighted by Gasteiger charge is -2.23. The molecule has 0 aromatic carbocycles. The van der Waals surface area contributed by atoms with E-state index in [0.717, 1.165) is 25.7 Å². The number of nitrogens with zero attached hydrogens (tertiary/aromatic N) is 2. The second-order valence-electron chi connectivity index (χ2n) is 5.50. The molecule has 0 bridgehead atoms. The van der Waals surface area contributed by atoms with Crippen molar-refractivity contribution in [2.75, 3.05) is 11.9 Å². The molecule has 0 atom stereocenters. The molecule has 6 heteroatoms. The molecule has 0 amide bonds. The number of aromatic nitrogens is 2. The predicted molar refractivity (Wildman–Crippen MR) is 78.5 cm³/mol. The monoisotopic (exact) mass is 329 g/mol. The normalized spacial score (nSPS) is 17.9. The zero-order valence-electron chi connectivity index (χ0n) is 11.3. The van der Waals surface area contributed by atoms with Gasteiger partial charge in [0.2, 0.25) is 0 Å². The number of halogens is 1. The van der Waals surface area contributed by atoms with Crippen LogP contribution < -0.4 is 10.9 Å². The third-order valence-corrected chi connectivity index (χ3v) is 4.34. The molecule has 1 heterocycles. The Balaban J connectivity index is 2.13. The van der Waals surface area contributed by atoms with Gasteiger partial charge in [-0.3, -0.25) is 4.79 Å². The third-order valence-electron chi connectivity index (χ3n) is 3.57. The minimum atomic E-state index is -0.646. The van der Waals surface area contributed by atoms with Crippen LogP contribution in [0, 0.1) is 0 Å². The highest BCUT2D eigenvalue weighted by Gasteiger charge is 2.31. The fourth-order valence-electron chi connectivity index (χ4n) is 2.41. The molecule has 1 aromatic heterocycles. The van der Waals surface area contributed by atoms with Gasteiger partial charge in [0.1, 0.15) is 4.47 Å². The highest BCUT2D eigenvalue weighted by atomic mass is 79.9. The van der Waals surface area contributed by atoms with E-state index in [-0.39, 0.29) is 11.6 Å². The summed E-state index contributed by atoms with van der Waals surface area (Å²) >= 11 is 3.31. The SMILES string of the molecule is CC(C)n1ncc(NCC2(O)CCCC2)c(Br)c1=O. The highest BCUT2D eigenvalue weighted by Crippen LogP contribution is 2.30. The molecule has 0 aliphatic heterocycles. The highest BCUT2D eigenvalue weighted by molar-refractivity contribution is 9.10. The van der Waals surface area contributed by atoms with Crippen LogP contribution in [0.5, 0.6) is 0 Å². The van der Waals surface area contributed by atoms with E-state index in [0.29, 0.717) is 16.7 Å². The van der Waals surface area contributed by atoms with Gasteiger partial charge in [-0.1, -0.05) is 12.8 Å². The molecular formula is C13H20BrN3O2. The summed E-state index contributed by atoms with van der Waals surface area (Å²) < 4.78 is 1.90. The smallest absolute Gasteiger partial charge is 0.283 e. The fraction of sp³-hybridized carbons (Fsp3) is 0.692. The van der Waals surface area contributed by atoms with Crippen LogP contribution in [0.25, 0.3) is 0 Å². The van der Waals surface area contributed by atoms with E-state index in [4.69, 9.17) is 0 Å². The van der Waals surface area contributed by atoms with Crippen LogP contribution in [0.2, 0.25) is 0 Å². The Bertz CT molecular complexity index is 507. The molecular weight excluding hydrogens is 310 g/mol. The minimum absolute atomic E-state index is 0.0249. The summed E-state index contributed by atoms with van der Waals surface area (Å²) in [6.45, 7) is 4.28. The Morgan fingerprint density at radius 3 is 2.74 bits per heavy atom. The van der Waals surface area contributed by atoms with Crippen LogP contribution in [0.15, 0.2) is 15.5 Å². The van der Waals surface area contributed by atoms with Gasteiger partial charge in [0.25, 0.3) is 5.56 Å². The molecule has 0 spiro atoms. The number of hydrogen-bond acceptors (Lipinski definition) is 4. The summed E-state index contributed by atoms with van der Waals surface area (Å²) in [5, 5.41) is 17.5. The number of aliphatic hydroxyl groups is 1. The Labute approximate surface area is 121 Å². The van der Waals surface area contributed by atoms with Crippen LogP contribution in [-0.4, -0.2) is 27.0 Å². The van der Waals surface area contributed by atoms with Crippen molar-refractivity contribution in [3.63, 3.8) is 0 Å². The average Bonchev–Trinajstić information content (AvgIpc) is 2.78. The fourth-order valence-corrected chi connectivity index (χ4v) is 2.83. The van der Waals surface area contributed by atoms with Crippen LogP contribution >= 0.6 is 15.9 Å². The lowest BCUT2D eigenvalue weighted by molar-refractivity contribution is 0.0614. The lowest BCUT2D eigenvalue weighted by atomic mass is 10.0. The second kappa shape index (κ2) is 5.63. The van der Waals surface area contributed by atoms with Crippen molar-refractivity contribution in [1.29, 1.82) is 0 Å². The summed E-state index contributed by atoms with van der Waals surface area (Å²) in [7, 11) is 0. The standard InChI is InChI=1S/C13H20BrN3O2/c1-9(2)17-12(18)11(14)10(7-16-17)15-8-13(19)5-3-4-6-13/h7,9,15,19H,3-6,8H2,1-2H3. The molecule has 1 fully saturated rings. The molecule has 0 saturated heterocycles. The van der Waals surface area contributed by atoms with Gasteiger partial charge in [-0.2, -0.15) is 5.10 Å². The van der Waals surface area contributed by atoms with E-state index in [2.05, 4.69) is 26.3 Å². The molecule has 0 radical (unpaired) electrons. The molecule has 1 aliphatic rings. The minimum Gasteiger partial charge on any atom is -0.388 e. The molecule has 106 valence electrons. The summed E-state index contributed by atoms with van der Waals surface area (Å²) in [5.74, 6) is 0. The van der Waals surface area contributed by atoms with Crippen LogP contribution in [0.3, 0.4) is 0 Å². The first-order valence-electron chi connectivity index (χ1n) is 6.66. The summed E-state index contributed by atoms with van der Waals surface area (Å²) in [6.07, 6.45) is 5.38. The summed E-state index contributed by atoms with van der Waals surface area (Å²) in [6, 6.07) is 0.0249. The molecule has 2 rings (SSSR count). The number of hydrogen-bond donors (Lipinski definition) is 2. The van der Waals surface area contributed by atoms with Crippen LogP contribution in [0.1, 0.15) is 45.6 Å². The van der Waals surface area contributed by atoms with Gasteiger partial charge in [0.15, 0.2) is 0 Å². The maximum atomic E-state index is 12.1. The van der Waals surface area contributed by atoms with E-state index in [1.807, 2.05) is 13.8 Å². The quantitative estimate of drug-likeness (QED) is 0.889. The second-order valence-corrected chi connectivity index (χ2v) is 6.29. The van der Waals surface area contributed by atoms with E-state index < -0.39 is 5.60 Å². The largest absolute Gasteiger partial charge is 0.388 e. The van der Waals surface area contributed by atoms with E-state index >= 15 is 0 Å². The van der Waals surface area contributed by atoms with Crippen molar-refractivity contribution in [2.24, 2.45) is 0 Å². The first-order chi connectivity index (χ1) is 8.93. The summed E-state index contributed by atoms with van der Waals surface area (Å²) in [5.41, 5.74) is -0.160. The van der Waals surface area contributed by atoms with Gasteiger partial charge in [-0.15, -0.1) is 0 Å². The van der Waals surface area contributed by atoms with Crippen molar-refractivity contribution in [2.45, 2.75) is 51.2 Å². The number of anilines is 1. The Morgan fingerprint density at radius 2 is 2.16 bits per heavy atom. The van der Waals surface area contributed by atoms with Crippen molar-refractivity contribution < 1.29 is 5.11 Å². The van der Waals surface area contributed by atoms with Crippen molar-refractivity contribution in [1.82, 2.24) is 9.78 Å². The van der Waals surface area contributed by atoms with E-state index in [1.165, 1.54) is 4.68 Å². The van der Waals surface area contributed by atoms with Crippen molar-refractivity contribution in [3.05, 3.63) is 21.0 Å². The molecule has 19 heavy (non-hydrogen) atoms. The van der Waals surface area contributed by atoms with Gasteiger partial charge in [-0.05, 0) is 42.6 Å². The molecule has 5 nitrogen and oxygen atoms in total. The molecule has 1 aliphatic carbocycles. The Hall–Kier alpha value is -0.880. The number of rotatable bonds is 4. The average molecular weight is 330 g/mol. The molecule has 1 aromatic rings. The van der Waals surface area contributed by atoms with E-state index in [1.54, 1.807) is 6.20 Å². The Kier molecular flexibility index (Phi) is 4.30. The van der Waals surface area contributed by atoms with E-state index in [9.17, 15) is 9.90 Å². The predicted octanol–water partition coefficient (Wildman–Crippen LogP) is 2.30. The van der Waals surface area contributed by atoms with Gasteiger partial charge in [-0.25, -0.2) is 4.68 Å². The molecule has 1 saturated carbocycles. The maximum Gasteiger partial charge on any atom is 0.283 e. The summed E-state index contributed by atoms with van der Waals surface area (Å²) in [4.78, 5) is 12.1. The topological polar surface area (TPSA) is 67.2 Å². The van der Waals surface area contributed by atoms with Gasteiger partial charge in [0.05, 0.1) is 23.5 Å². The van der Waals surface area contributed by atoms with Gasteiger partial charge >= 0.3 is 0 Å². The zero-order chi connectivity index (χ0) is 14.0. The molecule has 2 N–H and O–H groups in total. The maximum absolute atomic E-state index is 12.1. The van der Waals surface area contributed by atoms with Crippen molar-refractivity contribution >= 4 is 21.6 Å². The first kappa shape index (κ1) is 14.5. The van der Waals surface area contributed by atoms with Crippen molar-refractivity contribution in [3.8, 4) is 0 Å². The lowest BCUT2D eigenvalue weighted by Crippen LogP contribution is -2.34. The zero-order valence-corrected chi connectivity index (χ0v) is 12.9. The number of nitrogens with one attached hydrogen (secondary N) is 1. The van der Waals surface area contributed by atoms with Gasteiger partial charge < -0.3 is 10.4 Å².